The Morgan fingerprint density at radius 3 is 2.57 bits per heavy atom. The molecule has 0 bridgehead atoms. The van der Waals surface area contributed by atoms with Gasteiger partial charge in [0.2, 0.25) is 5.91 Å². The van der Waals surface area contributed by atoms with Gasteiger partial charge in [-0.15, -0.1) is 0 Å². The number of aromatic amines is 1. The number of hydrogen-bond acceptors (Lipinski definition) is 3. The molecule has 4 rings (SSSR count). The fourth-order valence-electron chi connectivity index (χ4n) is 4.06. The lowest BCUT2D eigenvalue weighted by Crippen LogP contribution is -2.50. The number of hydrogen-bond donors (Lipinski definition) is 1. The van der Waals surface area contributed by atoms with E-state index in [1.165, 1.54) is 12.1 Å². The van der Waals surface area contributed by atoms with E-state index in [-0.39, 0.29) is 17.6 Å². The van der Waals surface area contributed by atoms with Crippen molar-refractivity contribution in [3.8, 4) is 0 Å². The smallest absolute Gasteiger partial charge is 0.271 e. The van der Waals surface area contributed by atoms with Gasteiger partial charge in [-0.1, -0.05) is 24.3 Å². The van der Waals surface area contributed by atoms with Crippen LogP contribution >= 0.6 is 0 Å². The van der Waals surface area contributed by atoms with Gasteiger partial charge in [-0.05, 0) is 43.0 Å². The van der Waals surface area contributed by atoms with E-state index in [1.807, 2.05) is 11.0 Å². The molecule has 2 aliphatic heterocycles. The summed E-state index contributed by atoms with van der Waals surface area (Å²) in [6.07, 6.45) is 7.63. The lowest BCUT2D eigenvalue weighted by molar-refractivity contribution is -0.144. The van der Waals surface area contributed by atoms with Gasteiger partial charge in [0.1, 0.15) is 11.5 Å². The zero-order chi connectivity index (χ0) is 19.6. The van der Waals surface area contributed by atoms with Crippen LogP contribution in [0.3, 0.4) is 0 Å². The van der Waals surface area contributed by atoms with Crippen LogP contribution in [-0.2, 0) is 11.3 Å². The number of halogens is 1. The summed E-state index contributed by atoms with van der Waals surface area (Å²) in [5.41, 5.74) is 0.908. The standard InChI is InChI=1S/C21H23FN4O2/c22-17-5-3-16(4-6-17)15-26-12-2-1-8-21(20(26)28)9-13-25(14-10-21)19(27)18-7-11-23-24-18/h1-7,11H,8-10,12-15H2,(H,23,24). The minimum Gasteiger partial charge on any atom is -0.337 e. The fraction of sp³-hybridized carbons (Fsp3) is 0.381. The van der Waals surface area contributed by atoms with Crippen molar-refractivity contribution in [1.82, 2.24) is 20.0 Å². The summed E-state index contributed by atoms with van der Waals surface area (Å²) in [4.78, 5) is 29.5. The number of rotatable bonds is 3. The Hall–Kier alpha value is -2.96. The van der Waals surface area contributed by atoms with Crippen LogP contribution in [0.15, 0.2) is 48.7 Å². The molecular weight excluding hydrogens is 359 g/mol. The molecule has 1 saturated heterocycles. The highest BCUT2D eigenvalue weighted by atomic mass is 19.1. The van der Waals surface area contributed by atoms with Gasteiger partial charge >= 0.3 is 0 Å². The highest BCUT2D eigenvalue weighted by molar-refractivity contribution is 5.92. The Labute approximate surface area is 163 Å². The third kappa shape index (κ3) is 3.56. The molecule has 0 unspecified atom stereocenters. The van der Waals surface area contributed by atoms with Crippen molar-refractivity contribution >= 4 is 11.8 Å². The van der Waals surface area contributed by atoms with Crippen molar-refractivity contribution in [2.75, 3.05) is 19.6 Å². The Morgan fingerprint density at radius 2 is 1.89 bits per heavy atom. The van der Waals surface area contributed by atoms with Gasteiger partial charge in [-0.3, -0.25) is 14.7 Å². The molecule has 2 aromatic rings. The summed E-state index contributed by atoms with van der Waals surface area (Å²) in [6, 6.07) is 7.94. The first-order valence-corrected chi connectivity index (χ1v) is 9.55. The first-order valence-electron chi connectivity index (χ1n) is 9.55. The second-order valence-corrected chi connectivity index (χ2v) is 7.53. The predicted molar refractivity (Wildman–Crippen MR) is 102 cm³/mol. The second-order valence-electron chi connectivity index (χ2n) is 7.53. The third-order valence-electron chi connectivity index (χ3n) is 5.77. The van der Waals surface area contributed by atoms with Crippen LogP contribution in [0.4, 0.5) is 4.39 Å². The zero-order valence-corrected chi connectivity index (χ0v) is 15.6. The van der Waals surface area contributed by atoms with Crippen molar-refractivity contribution in [2.24, 2.45) is 5.41 Å². The molecule has 2 amide bonds. The second kappa shape index (κ2) is 7.58. The summed E-state index contributed by atoms with van der Waals surface area (Å²) in [5.74, 6) is -0.237. The highest BCUT2D eigenvalue weighted by Gasteiger charge is 2.44. The monoisotopic (exact) mass is 382 g/mol. The molecule has 1 aromatic heterocycles. The normalized spacial score (nSPS) is 19.1. The maximum absolute atomic E-state index is 13.4. The van der Waals surface area contributed by atoms with Gasteiger partial charge in [0.15, 0.2) is 0 Å². The Balaban J connectivity index is 1.46. The molecule has 7 heteroatoms. The van der Waals surface area contributed by atoms with E-state index in [4.69, 9.17) is 0 Å². The van der Waals surface area contributed by atoms with E-state index in [9.17, 15) is 14.0 Å². The molecule has 6 nitrogen and oxygen atoms in total. The first kappa shape index (κ1) is 18.4. The molecular formula is C21H23FN4O2. The topological polar surface area (TPSA) is 69.3 Å². The summed E-state index contributed by atoms with van der Waals surface area (Å²) < 4.78 is 13.2. The highest BCUT2D eigenvalue weighted by Crippen LogP contribution is 2.39. The number of likely N-dealkylation sites (tertiary alicyclic amines) is 1. The Morgan fingerprint density at radius 1 is 1.14 bits per heavy atom. The summed E-state index contributed by atoms with van der Waals surface area (Å²) in [7, 11) is 0. The van der Waals surface area contributed by atoms with Crippen LogP contribution in [-0.4, -0.2) is 51.4 Å². The van der Waals surface area contributed by atoms with E-state index in [2.05, 4.69) is 16.3 Å². The number of benzene rings is 1. The van der Waals surface area contributed by atoms with Crippen LogP contribution in [0, 0.1) is 11.2 Å². The van der Waals surface area contributed by atoms with Crippen molar-refractivity contribution in [3.05, 3.63) is 65.8 Å². The zero-order valence-electron chi connectivity index (χ0n) is 15.6. The number of H-pyrrole nitrogens is 1. The van der Waals surface area contributed by atoms with Gasteiger partial charge < -0.3 is 9.80 Å². The minimum absolute atomic E-state index is 0.0767. The number of nitrogens with zero attached hydrogens (tertiary/aromatic N) is 3. The molecule has 1 spiro atoms. The SMILES string of the molecule is O=C(c1ccn[nH]1)N1CCC2(CC=CCN(Cc3ccc(F)cc3)C2=O)CC1. The van der Waals surface area contributed by atoms with Crippen molar-refractivity contribution in [1.29, 1.82) is 0 Å². The van der Waals surface area contributed by atoms with Crippen molar-refractivity contribution < 1.29 is 14.0 Å². The molecule has 1 fully saturated rings. The average molecular weight is 382 g/mol. The van der Waals surface area contributed by atoms with Crippen molar-refractivity contribution in [2.45, 2.75) is 25.8 Å². The molecule has 3 heterocycles. The van der Waals surface area contributed by atoms with Crippen LogP contribution in [0.5, 0.6) is 0 Å². The molecule has 0 atom stereocenters. The van der Waals surface area contributed by atoms with Crippen LogP contribution < -0.4 is 0 Å². The molecule has 0 aliphatic carbocycles. The van der Waals surface area contributed by atoms with E-state index in [1.54, 1.807) is 29.3 Å². The quantitative estimate of drug-likeness (QED) is 0.830. The van der Waals surface area contributed by atoms with Gasteiger partial charge in [-0.2, -0.15) is 5.10 Å². The van der Waals surface area contributed by atoms with Crippen molar-refractivity contribution in [3.63, 3.8) is 0 Å². The summed E-state index contributed by atoms with van der Waals surface area (Å²) >= 11 is 0. The van der Waals surface area contributed by atoms with Crippen LogP contribution in [0.25, 0.3) is 0 Å². The van der Waals surface area contributed by atoms with Crippen LogP contribution in [0.1, 0.15) is 35.3 Å². The van der Waals surface area contributed by atoms with Gasteiger partial charge in [-0.25, -0.2) is 4.39 Å². The first-order chi connectivity index (χ1) is 13.6. The minimum atomic E-state index is -0.474. The lowest BCUT2D eigenvalue weighted by Gasteiger charge is -2.41. The molecule has 0 saturated carbocycles. The average Bonchev–Trinajstić information content (AvgIpc) is 3.21. The number of carbonyl (C=O) groups is 2. The van der Waals surface area contributed by atoms with E-state index in [0.29, 0.717) is 51.1 Å². The molecule has 1 aromatic carbocycles. The Kier molecular flexibility index (Phi) is 4.98. The number of piperidine rings is 1. The summed E-state index contributed by atoms with van der Waals surface area (Å²) in [6.45, 7) is 2.10. The summed E-state index contributed by atoms with van der Waals surface area (Å²) in [5, 5.41) is 6.54. The fourth-order valence-corrected chi connectivity index (χ4v) is 4.06. The molecule has 28 heavy (non-hydrogen) atoms. The lowest BCUT2D eigenvalue weighted by atomic mass is 9.74. The van der Waals surface area contributed by atoms with E-state index >= 15 is 0 Å². The number of amides is 2. The van der Waals surface area contributed by atoms with E-state index < -0.39 is 5.41 Å². The molecule has 2 aliphatic rings. The predicted octanol–water partition coefficient (Wildman–Crippen LogP) is 2.76. The maximum atomic E-state index is 13.4. The third-order valence-corrected chi connectivity index (χ3v) is 5.77. The van der Waals surface area contributed by atoms with Gasteiger partial charge in [0.25, 0.3) is 5.91 Å². The largest absolute Gasteiger partial charge is 0.337 e. The number of aromatic nitrogens is 2. The molecule has 1 N–H and O–H groups in total. The maximum Gasteiger partial charge on any atom is 0.271 e. The molecule has 146 valence electrons. The number of allylic oxidation sites excluding steroid dienone is 1. The van der Waals surface area contributed by atoms with Gasteiger partial charge in [0.05, 0.1) is 5.41 Å². The number of nitrogens with one attached hydrogen (secondary N) is 1. The molecule has 0 radical (unpaired) electrons. The van der Waals surface area contributed by atoms with E-state index in [0.717, 1.165) is 5.56 Å². The van der Waals surface area contributed by atoms with Crippen LogP contribution in [0.2, 0.25) is 0 Å². The number of carbonyl (C=O) groups excluding carboxylic acids is 2. The Bertz CT molecular complexity index is 868. The van der Waals surface area contributed by atoms with Gasteiger partial charge in [0, 0.05) is 32.4 Å².